The molecule has 3 aromatic heterocycles. The fourth-order valence-electron chi connectivity index (χ4n) is 5.64. The van der Waals surface area contributed by atoms with Crippen molar-refractivity contribution >= 4 is 44.8 Å². The van der Waals surface area contributed by atoms with Crippen LogP contribution in [0.4, 0.5) is 30.7 Å². The second-order valence-corrected chi connectivity index (χ2v) is 11.5. The number of primary amides is 1. The van der Waals surface area contributed by atoms with E-state index in [9.17, 15) is 26.7 Å². The van der Waals surface area contributed by atoms with Crippen molar-refractivity contribution in [1.82, 2.24) is 19.7 Å². The molecule has 1 saturated carbocycles. The lowest BCUT2D eigenvalue weighted by Gasteiger charge is -2.28. The van der Waals surface area contributed by atoms with Gasteiger partial charge >= 0.3 is 6.18 Å². The van der Waals surface area contributed by atoms with Gasteiger partial charge in [-0.25, -0.2) is 23.4 Å². The summed E-state index contributed by atoms with van der Waals surface area (Å²) in [5, 5.41) is 3.74. The molecule has 0 radical (unpaired) electrons. The van der Waals surface area contributed by atoms with Crippen LogP contribution in [0.25, 0.3) is 11.2 Å². The van der Waals surface area contributed by atoms with Crippen LogP contribution in [0.2, 0.25) is 0 Å². The smallest absolute Gasteiger partial charge is 0.412 e. The zero-order valence-corrected chi connectivity index (χ0v) is 23.1. The number of rotatable bonds is 7. The standard InChI is InChI=1S/C25H17BrF7N5O2S/c1-41-23-35-15-7-14(26)17(36-22(15)40-23)12(4-8-2-9(27)5-10(28)3-8)18(21(34)39)38-20-16(19(37-38)25(31,32)33)11-6-13(11)24(20,29)30/h2-3,5,7,11-13,18H,4,6H2,1H3,(H2,34,39)/t11-,12+,13+,18?/m0/s1. The zero-order chi connectivity index (χ0) is 29.6. The SMILES string of the molecule is CSc1nc2cc(Br)c([C@@H](Cc3cc(F)cc(F)c3)C(C(N)=O)n3nc(C(F)(F)F)c4c3C(F)(F)[C@@H]3C[C@H]43)nc2o1. The number of hydrogen-bond acceptors (Lipinski definition) is 6. The molecule has 7 nitrogen and oxygen atoms in total. The summed E-state index contributed by atoms with van der Waals surface area (Å²) in [4.78, 5) is 21.6. The molecular formula is C25H17BrF7N5O2S. The Balaban J connectivity index is 1.59. The van der Waals surface area contributed by atoms with Gasteiger partial charge in [-0.3, -0.25) is 4.79 Å². The van der Waals surface area contributed by atoms with E-state index in [0.29, 0.717) is 10.7 Å². The highest BCUT2D eigenvalue weighted by Gasteiger charge is 2.69. The summed E-state index contributed by atoms with van der Waals surface area (Å²) in [6.07, 6.45) is -4.02. The van der Waals surface area contributed by atoms with Crippen molar-refractivity contribution in [3.63, 3.8) is 0 Å². The lowest BCUT2D eigenvalue weighted by Crippen LogP contribution is -2.37. The summed E-state index contributed by atoms with van der Waals surface area (Å²) in [6, 6.07) is 1.97. The normalized spacial score (nSPS) is 20.6. The van der Waals surface area contributed by atoms with E-state index in [0.717, 1.165) is 23.9 Å². The predicted octanol–water partition coefficient (Wildman–Crippen LogP) is 6.46. The van der Waals surface area contributed by atoms with Gasteiger partial charge in [0.2, 0.25) is 11.6 Å². The highest BCUT2D eigenvalue weighted by Crippen LogP contribution is 2.69. The van der Waals surface area contributed by atoms with Gasteiger partial charge in [-0.05, 0) is 64.7 Å². The lowest BCUT2D eigenvalue weighted by atomic mass is 9.87. The first-order valence-electron chi connectivity index (χ1n) is 12.0. The van der Waals surface area contributed by atoms with Gasteiger partial charge < -0.3 is 10.2 Å². The molecule has 41 heavy (non-hydrogen) atoms. The number of carbonyl (C=O) groups excluding carboxylic acids is 1. The summed E-state index contributed by atoms with van der Waals surface area (Å²) >= 11 is 4.47. The molecule has 0 bridgehead atoms. The van der Waals surface area contributed by atoms with Crippen molar-refractivity contribution in [2.75, 3.05) is 6.26 Å². The molecule has 2 aliphatic rings. The monoisotopic (exact) mass is 663 g/mol. The van der Waals surface area contributed by atoms with Crippen LogP contribution in [0.3, 0.4) is 0 Å². The lowest BCUT2D eigenvalue weighted by molar-refractivity contribution is -0.142. The van der Waals surface area contributed by atoms with E-state index in [1.807, 2.05) is 0 Å². The van der Waals surface area contributed by atoms with Crippen molar-refractivity contribution < 1.29 is 39.9 Å². The fourth-order valence-corrected chi connectivity index (χ4v) is 6.60. The summed E-state index contributed by atoms with van der Waals surface area (Å²) in [7, 11) is 0. The second kappa shape index (κ2) is 9.44. The Kier molecular flexibility index (Phi) is 6.45. The molecule has 2 N–H and O–H groups in total. The summed E-state index contributed by atoms with van der Waals surface area (Å²) in [5.41, 5.74) is 2.61. The number of oxazole rings is 1. The number of halogens is 8. The van der Waals surface area contributed by atoms with Crippen molar-refractivity contribution in [2.24, 2.45) is 11.7 Å². The first-order chi connectivity index (χ1) is 19.2. The zero-order valence-electron chi connectivity index (χ0n) is 20.6. The third kappa shape index (κ3) is 4.58. The molecule has 1 unspecified atom stereocenters. The molecule has 1 aromatic carbocycles. The van der Waals surface area contributed by atoms with Gasteiger partial charge in [0.15, 0.2) is 5.69 Å². The molecule has 2 aliphatic carbocycles. The number of thioether (sulfide) groups is 1. The molecule has 6 rings (SSSR count). The Morgan fingerprint density at radius 3 is 2.51 bits per heavy atom. The molecule has 0 saturated heterocycles. The molecule has 16 heteroatoms. The van der Waals surface area contributed by atoms with Crippen LogP contribution in [0.15, 0.2) is 38.4 Å². The highest BCUT2D eigenvalue weighted by molar-refractivity contribution is 9.10. The number of benzene rings is 1. The molecule has 216 valence electrons. The topological polar surface area (TPSA) is 99.8 Å². The maximum atomic E-state index is 15.5. The average Bonchev–Trinajstić information content (AvgIpc) is 3.31. The van der Waals surface area contributed by atoms with Gasteiger partial charge in [-0.1, -0.05) is 11.8 Å². The van der Waals surface area contributed by atoms with E-state index >= 15 is 8.78 Å². The Morgan fingerprint density at radius 2 is 1.90 bits per heavy atom. The molecule has 4 atom stereocenters. The van der Waals surface area contributed by atoms with Gasteiger partial charge in [-0.2, -0.15) is 27.1 Å². The van der Waals surface area contributed by atoms with Crippen LogP contribution < -0.4 is 5.73 Å². The molecule has 4 aromatic rings. The molecular weight excluding hydrogens is 647 g/mol. The third-order valence-corrected chi connectivity index (χ3v) is 8.50. The molecule has 3 heterocycles. The third-order valence-electron chi connectivity index (χ3n) is 7.34. The number of carbonyl (C=O) groups is 1. The minimum Gasteiger partial charge on any atom is -0.412 e. The number of alkyl halides is 5. The molecule has 0 aliphatic heterocycles. The predicted molar refractivity (Wildman–Crippen MR) is 134 cm³/mol. The Bertz CT molecular complexity index is 1700. The van der Waals surface area contributed by atoms with Gasteiger partial charge in [0.1, 0.15) is 28.9 Å². The van der Waals surface area contributed by atoms with Crippen LogP contribution in [0, 0.1) is 17.6 Å². The van der Waals surface area contributed by atoms with Gasteiger partial charge in [0.25, 0.3) is 11.1 Å². The van der Waals surface area contributed by atoms with Crippen LogP contribution in [-0.2, 0) is 23.3 Å². The van der Waals surface area contributed by atoms with Crippen molar-refractivity contribution in [2.45, 2.75) is 48.0 Å². The van der Waals surface area contributed by atoms with E-state index < -0.39 is 76.8 Å². The molecule has 0 spiro atoms. The Hall–Kier alpha value is -3.14. The Morgan fingerprint density at radius 1 is 1.22 bits per heavy atom. The van der Waals surface area contributed by atoms with Crippen LogP contribution in [0.1, 0.15) is 52.5 Å². The summed E-state index contributed by atoms with van der Waals surface area (Å²) in [5.74, 6) is -10.9. The number of hydrogen-bond donors (Lipinski definition) is 1. The summed E-state index contributed by atoms with van der Waals surface area (Å²) in [6.45, 7) is 0. The quantitative estimate of drug-likeness (QED) is 0.180. The van der Waals surface area contributed by atoms with Gasteiger partial charge in [-0.15, -0.1) is 0 Å². The molecule has 1 amide bonds. The van der Waals surface area contributed by atoms with Crippen molar-refractivity contribution in [1.29, 1.82) is 0 Å². The van der Waals surface area contributed by atoms with Crippen LogP contribution in [-0.4, -0.2) is 31.9 Å². The maximum absolute atomic E-state index is 15.5. The number of pyridine rings is 1. The maximum Gasteiger partial charge on any atom is 0.435 e. The van der Waals surface area contributed by atoms with Crippen LogP contribution >= 0.6 is 27.7 Å². The minimum absolute atomic E-state index is 0.0283. The minimum atomic E-state index is -5.10. The van der Waals surface area contributed by atoms with E-state index in [2.05, 4.69) is 31.0 Å². The summed E-state index contributed by atoms with van der Waals surface area (Å²) < 4.78 is 107. The number of nitrogens with two attached hydrogens (primary N) is 1. The number of aromatic nitrogens is 4. The number of fused-ring (bicyclic) bond motifs is 4. The van der Waals surface area contributed by atoms with E-state index in [1.165, 1.54) is 6.07 Å². The van der Waals surface area contributed by atoms with E-state index in [4.69, 9.17) is 10.2 Å². The van der Waals surface area contributed by atoms with Gasteiger partial charge in [0, 0.05) is 27.9 Å². The average molecular weight is 664 g/mol. The van der Waals surface area contributed by atoms with Crippen molar-refractivity contribution in [3.05, 3.63) is 68.6 Å². The first-order valence-corrected chi connectivity index (χ1v) is 14.1. The largest absolute Gasteiger partial charge is 0.435 e. The second-order valence-electron chi connectivity index (χ2n) is 9.92. The first kappa shape index (κ1) is 28.0. The van der Waals surface area contributed by atoms with E-state index in [1.54, 1.807) is 6.26 Å². The van der Waals surface area contributed by atoms with E-state index in [-0.39, 0.29) is 38.6 Å². The van der Waals surface area contributed by atoms with Crippen molar-refractivity contribution in [3.8, 4) is 0 Å². The highest BCUT2D eigenvalue weighted by atomic mass is 79.9. The molecule has 1 fully saturated rings. The fraction of sp³-hybridized carbons (Fsp3) is 0.360. The number of nitrogens with zero attached hydrogens (tertiary/aromatic N) is 4. The number of amides is 1. The Labute approximate surface area is 238 Å². The van der Waals surface area contributed by atoms with Gasteiger partial charge in [0.05, 0.1) is 5.69 Å². The van der Waals surface area contributed by atoms with Crippen LogP contribution in [0.5, 0.6) is 0 Å².